The largest absolute Gasteiger partial charge is 0.333 e. The van der Waals surface area contributed by atoms with E-state index in [1.54, 1.807) is 12.3 Å². The van der Waals surface area contributed by atoms with Gasteiger partial charge in [-0.15, -0.1) is 0 Å². The molecular weight excluding hydrogens is 347 g/mol. The van der Waals surface area contributed by atoms with Crippen molar-refractivity contribution in [2.75, 3.05) is 33.2 Å². The normalized spacial score (nSPS) is 21.6. The average molecular weight is 372 g/mol. The zero-order valence-corrected chi connectivity index (χ0v) is 15.7. The number of rotatable bonds is 3. The van der Waals surface area contributed by atoms with Crippen molar-refractivity contribution in [2.45, 2.75) is 31.3 Å². The van der Waals surface area contributed by atoms with Crippen LogP contribution in [0.15, 0.2) is 30.7 Å². The van der Waals surface area contributed by atoms with Gasteiger partial charge in [-0.3, -0.25) is 9.69 Å². The lowest BCUT2D eigenvalue weighted by atomic mass is 9.83. The Labute approximate surface area is 158 Å². The van der Waals surface area contributed by atoms with Crippen molar-refractivity contribution in [2.24, 2.45) is 0 Å². The monoisotopic (exact) mass is 372 g/mol. The van der Waals surface area contributed by atoms with Crippen LogP contribution >= 0.6 is 0 Å². The summed E-state index contributed by atoms with van der Waals surface area (Å²) in [6, 6.07) is 3.68. The second-order valence-electron chi connectivity index (χ2n) is 7.43. The molecule has 8 heteroatoms. The Balaban J connectivity index is 1.55. The van der Waals surface area contributed by atoms with Gasteiger partial charge in [-0.1, -0.05) is 6.07 Å². The topological polar surface area (TPSA) is 66.3 Å². The van der Waals surface area contributed by atoms with Crippen LogP contribution in [-0.4, -0.2) is 69.2 Å². The lowest BCUT2D eigenvalue weighted by Gasteiger charge is -2.51. The third-order valence-corrected chi connectivity index (χ3v) is 6.00. The van der Waals surface area contributed by atoms with Crippen molar-refractivity contribution in [3.63, 3.8) is 0 Å². The zero-order chi connectivity index (χ0) is 19.0. The Kier molecular flexibility index (Phi) is 4.69. The molecular formula is C19H25FN6O. The molecule has 2 saturated heterocycles. The van der Waals surface area contributed by atoms with Crippen LogP contribution in [-0.2, 0) is 4.79 Å². The Hall–Kier alpha value is -2.32. The van der Waals surface area contributed by atoms with Gasteiger partial charge in [-0.2, -0.15) is 5.10 Å². The van der Waals surface area contributed by atoms with E-state index >= 15 is 0 Å². The van der Waals surface area contributed by atoms with Crippen LogP contribution in [0, 0.1) is 5.82 Å². The second-order valence-corrected chi connectivity index (χ2v) is 7.43. The molecule has 4 heterocycles. The zero-order valence-electron chi connectivity index (χ0n) is 15.7. The Morgan fingerprint density at radius 2 is 2.00 bits per heavy atom. The summed E-state index contributed by atoms with van der Waals surface area (Å²) in [4.78, 5) is 22.0. The molecule has 2 aromatic rings. The molecule has 2 aromatic heterocycles. The molecule has 4 rings (SSSR count). The molecule has 0 radical (unpaired) electrons. The summed E-state index contributed by atoms with van der Waals surface area (Å²) in [5.41, 5.74) is 0.575. The molecule has 7 nitrogen and oxygen atoms in total. The van der Waals surface area contributed by atoms with Crippen LogP contribution in [0.25, 0.3) is 5.82 Å². The quantitative estimate of drug-likeness (QED) is 0.881. The third kappa shape index (κ3) is 3.12. The highest BCUT2D eigenvalue weighted by atomic mass is 19.1. The number of piperazine rings is 1. The number of carbonyl (C=O) groups is 1. The first-order chi connectivity index (χ1) is 13.0. The van der Waals surface area contributed by atoms with Gasteiger partial charge in [0, 0.05) is 19.3 Å². The molecule has 0 bridgehead atoms. The second kappa shape index (κ2) is 7.01. The molecule has 2 fully saturated rings. The molecule has 1 amide bonds. The summed E-state index contributed by atoms with van der Waals surface area (Å²) in [5, 5.41) is 7.29. The van der Waals surface area contributed by atoms with Crippen molar-refractivity contribution < 1.29 is 9.18 Å². The molecule has 2 aliphatic rings. The average Bonchev–Trinajstić information content (AvgIpc) is 3.13. The summed E-state index contributed by atoms with van der Waals surface area (Å²) >= 11 is 0. The Morgan fingerprint density at radius 1 is 1.22 bits per heavy atom. The molecule has 1 atom stereocenters. The molecule has 0 saturated carbocycles. The smallest absolute Gasteiger partial charge is 0.243 e. The number of amides is 1. The van der Waals surface area contributed by atoms with E-state index in [9.17, 15) is 9.18 Å². The van der Waals surface area contributed by atoms with Crippen LogP contribution in [0.5, 0.6) is 0 Å². The van der Waals surface area contributed by atoms with Crippen molar-refractivity contribution in [1.29, 1.82) is 0 Å². The molecule has 0 aliphatic carbocycles. The van der Waals surface area contributed by atoms with Crippen LogP contribution in [0.1, 0.15) is 31.4 Å². The van der Waals surface area contributed by atoms with E-state index in [1.807, 2.05) is 17.9 Å². The highest BCUT2D eigenvalue weighted by Crippen LogP contribution is 2.34. The van der Waals surface area contributed by atoms with E-state index in [0.29, 0.717) is 12.4 Å². The van der Waals surface area contributed by atoms with Gasteiger partial charge in [-0.25, -0.2) is 14.1 Å². The minimum absolute atomic E-state index is 0.0612. The summed E-state index contributed by atoms with van der Waals surface area (Å²) in [7, 11) is 2.06. The van der Waals surface area contributed by atoms with E-state index in [2.05, 4.69) is 27.3 Å². The Bertz CT molecular complexity index is 814. The number of hydrogen-bond donors (Lipinski definition) is 1. The van der Waals surface area contributed by atoms with Gasteiger partial charge < -0.3 is 10.2 Å². The molecule has 1 spiro atoms. The Morgan fingerprint density at radius 3 is 2.63 bits per heavy atom. The van der Waals surface area contributed by atoms with Gasteiger partial charge in [0.05, 0.1) is 18.4 Å². The number of halogens is 1. The first-order valence-corrected chi connectivity index (χ1v) is 9.41. The lowest BCUT2D eigenvalue weighted by Crippen LogP contribution is -2.67. The summed E-state index contributed by atoms with van der Waals surface area (Å²) < 4.78 is 14.5. The number of aromatic nitrogens is 3. The number of likely N-dealkylation sites (N-methyl/N-ethyl adjacent to an activating group) is 1. The number of piperidine rings is 1. The molecule has 1 N–H and O–H groups in total. The van der Waals surface area contributed by atoms with Crippen molar-refractivity contribution >= 4 is 5.91 Å². The standard InChI is InChI=1S/C19H25FN6O/c1-14(15-3-4-17(22-11-15)26-13-16(20)12-23-26)25-10-9-24(2)19(18(25)27)5-7-21-8-6-19/h3-4,11-14,21H,5-10H2,1-2H3. The SMILES string of the molecule is CC(c1ccc(-n2cc(F)cn2)nc1)N1CCN(C)C2(CCNCC2)C1=O. The van der Waals surface area contributed by atoms with E-state index in [0.717, 1.165) is 44.2 Å². The molecule has 2 aliphatic heterocycles. The highest BCUT2D eigenvalue weighted by Gasteiger charge is 2.49. The minimum atomic E-state index is -0.399. The minimum Gasteiger partial charge on any atom is -0.333 e. The van der Waals surface area contributed by atoms with Crippen LogP contribution in [0.4, 0.5) is 4.39 Å². The van der Waals surface area contributed by atoms with Gasteiger partial charge in [0.15, 0.2) is 11.6 Å². The fraction of sp³-hybridized carbons (Fsp3) is 0.526. The van der Waals surface area contributed by atoms with Crippen LogP contribution in [0.3, 0.4) is 0 Å². The van der Waals surface area contributed by atoms with Crippen LogP contribution < -0.4 is 5.32 Å². The van der Waals surface area contributed by atoms with Gasteiger partial charge >= 0.3 is 0 Å². The molecule has 0 aromatic carbocycles. The van der Waals surface area contributed by atoms with Gasteiger partial charge in [0.25, 0.3) is 0 Å². The number of carbonyl (C=O) groups excluding carboxylic acids is 1. The fourth-order valence-corrected chi connectivity index (χ4v) is 4.20. The van der Waals surface area contributed by atoms with Gasteiger partial charge in [0.1, 0.15) is 5.54 Å². The first kappa shape index (κ1) is 18.1. The molecule has 27 heavy (non-hydrogen) atoms. The third-order valence-electron chi connectivity index (χ3n) is 6.00. The van der Waals surface area contributed by atoms with E-state index in [1.165, 1.54) is 10.9 Å². The predicted octanol–water partition coefficient (Wildman–Crippen LogP) is 1.36. The maximum atomic E-state index is 13.4. The van der Waals surface area contributed by atoms with Crippen molar-refractivity contribution in [3.8, 4) is 5.82 Å². The van der Waals surface area contributed by atoms with Crippen molar-refractivity contribution in [3.05, 3.63) is 42.1 Å². The lowest BCUT2D eigenvalue weighted by molar-refractivity contribution is -0.155. The van der Waals surface area contributed by atoms with E-state index in [4.69, 9.17) is 0 Å². The number of pyridine rings is 1. The number of nitrogens with one attached hydrogen (secondary N) is 1. The summed E-state index contributed by atoms with van der Waals surface area (Å²) in [6.45, 7) is 5.36. The van der Waals surface area contributed by atoms with E-state index < -0.39 is 11.4 Å². The summed E-state index contributed by atoms with van der Waals surface area (Å²) in [5.74, 6) is 0.363. The molecule has 144 valence electrons. The van der Waals surface area contributed by atoms with E-state index in [-0.39, 0.29) is 11.9 Å². The number of hydrogen-bond acceptors (Lipinski definition) is 5. The predicted molar refractivity (Wildman–Crippen MR) is 98.9 cm³/mol. The van der Waals surface area contributed by atoms with Gasteiger partial charge in [-0.05, 0) is 51.5 Å². The maximum absolute atomic E-state index is 13.4. The number of nitrogens with zero attached hydrogens (tertiary/aromatic N) is 5. The van der Waals surface area contributed by atoms with Crippen molar-refractivity contribution in [1.82, 2.24) is 29.9 Å². The molecule has 1 unspecified atom stereocenters. The van der Waals surface area contributed by atoms with Gasteiger partial charge in [0.2, 0.25) is 5.91 Å². The maximum Gasteiger partial charge on any atom is 0.243 e. The fourth-order valence-electron chi connectivity index (χ4n) is 4.20. The highest BCUT2D eigenvalue weighted by molar-refractivity contribution is 5.87. The van der Waals surface area contributed by atoms with Crippen LogP contribution in [0.2, 0.25) is 0 Å². The summed E-state index contributed by atoms with van der Waals surface area (Å²) in [6.07, 6.45) is 5.87. The first-order valence-electron chi connectivity index (χ1n) is 9.41.